The number of para-hydroxylation sites is 1. The number of aliphatic hydroxyl groups excluding tert-OH is 1. The third kappa shape index (κ3) is 5.99. The minimum absolute atomic E-state index is 0.0179. The summed E-state index contributed by atoms with van der Waals surface area (Å²) in [4.78, 5) is 28.1. The van der Waals surface area contributed by atoms with Crippen molar-refractivity contribution in [2.75, 3.05) is 37.4 Å². The molecule has 3 amide bonds. The van der Waals surface area contributed by atoms with Crippen LogP contribution in [0.25, 0.3) is 0 Å². The number of nitrogens with one attached hydrogen (secondary N) is 2. The van der Waals surface area contributed by atoms with E-state index in [4.69, 9.17) is 9.26 Å². The average molecular weight is 592 g/mol. The monoisotopic (exact) mass is 591 g/mol. The number of nitrogens with zero attached hydrogens (tertiary/aromatic N) is 3. The number of hydrogen-bond acceptors (Lipinski definition) is 9. The molecule has 0 bridgehead atoms. The molecule has 4 rings (SSSR count). The summed E-state index contributed by atoms with van der Waals surface area (Å²) in [5.74, 6) is -0.178. The number of urea groups is 1. The van der Waals surface area contributed by atoms with E-state index in [1.54, 1.807) is 55.3 Å². The molecule has 12 nitrogen and oxygen atoms in total. The number of hydrogen-bond donors (Lipinski definition) is 3. The van der Waals surface area contributed by atoms with Crippen molar-refractivity contribution in [1.29, 1.82) is 0 Å². The van der Waals surface area contributed by atoms with E-state index < -0.39 is 28.2 Å². The SMILES string of the molecule is Cc1noc(C)c1NC(=O)Nc1cccc2c1O[C@@H](CN(C)S(=O)(=O)c1cccs1)[C@@H](C)CN([C@@H](C)CO)C2=O. The summed E-state index contributed by atoms with van der Waals surface area (Å²) < 4.78 is 39.3. The minimum atomic E-state index is -3.77. The maximum atomic E-state index is 13.6. The Morgan fingerprint density at radius 2 is 2.02 bits per heavy atom. The van der Waals surface area contributed by atoms with Crippen LogP contribution in [0.4, 0.5) is 16.2 Å². The van der Waals surface area contributed by atoms with Gasteiger partial charge in [-0.3, -0.25) is 4.79 Å². The Balaban J connectivity index is 1.70. The number of carbonyl (C=O) groups excluding carboxylic acids is 2. The van der Waals surface area contributed by atoms with Gasteiger partial charge < -0.3 is 29.9 Å². The van der Waals surface area contributed by atoms with Crippen molar-refractivity contribution in [1.82, 2.24) is 14.4 Å². The van der Waals surface area contributed by atoms with Crippen LogP contribution < -0.4 is 15.4 Å². The lowest BCUT2D eigenvalue weighted by Gasteiger charge is -2.38. The summed E-state index contributed by atoms with van der Waals surface area (Å²) in [6.45, 7) is 6.89. The fourth-order valence-electron chi connectivity index (χ4n) is 4.40. The lowest BCUT2D eigenvalue weighted by Crippen LogP contribution is -2.50. The number of carbonyl (C=O) groups is 2. The van der Waals surface area contributed by atoms with Gasteiger partial charge in [0.05, 0.1) is 30.4 Å². The molecule has 3 heterocycles. The zero-order valence-electron chi connectivity index (χ0n) is 22.9. The first-order chi connectivity index (χ1) is 18.9. The number of benzene rings is 1. The molecule has 0 fully saturated rings. The van der Waals surface area contributed by atoms with E-state index in [1.807, 2.05) is 6.92 Å². The second kappa shape index (κ2) is 12.0. The molecule has 216 valence electrons. The fraction of sp³-hybridized carbons (Fsp3) is 0.423. The highest BCUT2D eigenvalue weighted by molar-refractivity contribution is 7.91. The molecule has 0 spiro atoms. The molecule has 1 aliphatic rings. The molecule has 0 radical (unpaired) electrons. The number of aliphatic hydroxyl groups is 1. The summed E-state index contributed by atoms with van der Waals surface area (Å²) in [5, 5.41) is 20.8. The molecule has 14 heteroatoms. The van der Waals surface area contributed by atoms with Gasteiger partial charge in [-0.15, -0.1) is 11.3 Å². The van der Waals surface area contributed by atoms with Gasteiger partial charge in [-0.2, -0.15) is 4.31 Å². The average Bonchev–Trinajstić information content (AvgIpc) is 3.57. The van der Waals surface area contributed by atoms with Crippen LogP contribution >= 0.6 is 11.3 Å². The fourth-order valence-corrected chi connectivity index (χ4v) is 6.79. The molecule has 3 aromatic rings. The largest absolute Gasteiger partial charge is 0.486 e. The summed E-state index contributed by atoms with van der Waals surface area (Å²) >= 11 is 1.12. The Morgan fingerprint density at radius 3 is 2.65 bits per heavy atom. The van der Waals surface area contributed by atoms with E-state index in [2.05, 4.69) is 15.8 Å². The number of likely N-dealkylation sites (N-methyl/N-ethyl adjacent to an activating group) is 1. The molecule has 2 aromatic heterocycles. The van der Waals surface area contributed by atoms with Crippen molar-refractivity contribution in [3.63, 3.8) is 0 Å². The number of anilines is 2. The van der Waals surface area contributed by atoms with Gasteiger partial charge in [-0.05, 0) is 44.4 Å². The molecule has 0 aliphatic carbocycles. The smallest absolute Gasteiger partial charge is 0.323 e. The maximum Gasteiger partial charge on any atom is 0.323 e. The van der Waals surface area contributed by atoms with E-state index in [1.165, 1.54) is 17.4 Å². The van der Waals surface area contributed by atoms with E-state index in [0.29, 0.717) is 17.1 Å². The molecule has 40 heavy (non-hydrogen) atoms. The zero-order chi connectivity index (χ0) is 29.2. The number of amides is 3. The second-order valence-corrected chi connectivity index (χ2v) is 13.0. The van der Waals surface area contributed by atoms with E-state index in [0.717, 1.165) is 11.3 Å². The van der Waals surface area contributed by atoms with Crippen LogP contribution in [-0.2, 0) is 10.0 Å². The van der Waals surface area contributed by atoms with Gasteiger partial charge in [-0.1, -0.05) is 24.2 Å². The Hall–Kier alpha value is -3.46. The number of aryl methyl sites for hydroxylation is 2. The molecule has 3 N–H and O–H groups in total. The number of ether oxygens (including phenoxy) is 1. The van der Waals surface area contributed by atoms with Crippen LogP contribution in [-0.4, -0.2) is 78.7 Å². The van der Waals surface area contributed by atoms with Crippen LogP contribution in [0.3, 0.4) is 0 Å². The molecular formula is C26H33N5O7S2. The standard InChI is InChI=1S/C26H33N5O7S2/c1-15-12-31(16(2)14-32)25(33)19-8-6-9-20(27-26(34)28-23-17(3)29-38-18(23)4)24(19)37-21(15)13-30(5)40(35,36)22-10-7-11-39-22/h6-11,15-16,21,32H,12-14H2,1-5H3,(H2,27,28,34)/t15-,16-,21-/m0/s1. The van der Waals surface area contributed by atoms with E-state index in [-0.39, 0.29) is 52.7 Å². The van der Waals surface area contributed by atoms with Gasteiger partial charge >= 0.3 is 6.03 Å². The van der Waals surface area contributed by atoms with Crippen LogP contribution in [0.1, 0.15) is 35.7 Å². The first-order valence-corrected chi connectivity index (χ1v) is 15.0. The van der Waals surface area contributed by atoms with Gasteiger partial charge in [0.2, 0.25) is 0 Å². The van der Waals surface area contributed by atoms with Crippen LogP contribution in [0.2, 0.25) is 0 Å². The Morgan fingerprint density at radius 1 is 1.27 bits per heavy atom. The van der Waals surface area contributed by atoms with Crippen molar-refractivity contribution in [3.05, 3.63) is 52.7 Å². The van der Waals surface area contributed by atoms with Crippen LogP contribution in [0, 0.1) is 19.8 Å². The van der Waals surface area contributed by atoms with Gasteiger partial charge in [0, 0.05) is 19.5 Å². The number of sulfonamides is 1. The number of fused-ring (bicyclic) bond motifs is 1. The number of thiophene rings is 1. The third-order valence-electron chi connectivity index (χ3n) is 6.81. The van der Waals surface area contributed by atoms with Crippen molar-refractivity contribution < 1.29 is 32.4 Å². The molecule has 1 aliphatic heterocycles. The Bertz CT molecular complexity index is 1450. The first-order valence-electron chi connectivity index (χ1n) is 12.7. The highest BCUT2D eigenvalue weighted by atomic mass is 32.2. The molecular weight excluding hydrogens is 558 g/mol. The van der Waals surface area contributed by atoms with Gasteiger partial charge in [-0.25, -0.2) is 13.2 Å². The van der Waals surface area contributed by atoms with Crippen molar-refractivity contribution >= 4 is 44.7 Å². The normalized spacial score (nSPS) is 18.5. The van der Waals surface area contributed by atoms with E-state index >= 15 is 0 Å². The zero-order valence-corrected chi connectivity index (χ0v) is 24.5. The van der Waals surface area contributed by atoms with Gasteiger partial charge in [0.1, 0.15) is 21.7 Å². The molecule has 3 atom stereocenters. The van der Waals surface area contributed by atoms with Gasteiger partial charge in [0.25, 0.3) is 15.9 Å². The molecule has 0 saturated heterocycles. The summed E-state index contributed by atoms with van der Waals surface area (Å²) in [5.41, 5.74) is 1.31. The summed E-state index contributed by atoms with van der Waals surface area (Å²) in [6, 6.07) is 6.87. The topological polar surface area (TPSA) is 154 Å². The third-order valence-corrected chi connectivity index (χ3v) is 10.0. The summed E-state index contributed by atoms with van der Waals surface area (Å²) in [7, 11) is -2.29. The quantitative estimate of drug-likeness (QED) is 0.359. The Labute approximate surface area is 237 Å². The molecule has 0 saturated carbocycles. The highest BCUT2D eigenvalue weighted by Crippen LogP contribution is 2.35. The van der Waals surface area contributed by atoms with Gasteiger partial charge in [0.15, 0.2) is 11.5 Å². The van der Waals surface area contributed by atoms with E-state index in [9.17, 15) is 23.1 Å². The number of aromatic nitrogens is 1. The predicted octanol–water partition coefficient (Wildman–Crippen LogP) is 3.54. The lowest BCUT2D eigenvalue weighted by molar-refractivity contribution is 0.0389. The van der Waals surface area contributed by atoms with Crippen LogP contribution in [0.5, 0.6) is 5.75 Å². The van der Waals surface area contributed by atoms with Crippen molar-refractivity contribution in [2.45, 2.75) is 44.0 Å². The molecule has 1 aromatic carbocycles. The number of rotatable bonds is 8. The lowest BCUT2D eigenvalue weighted by atomic mass is 9.99. The second-order valence-electron chi connectivity index (χ2n) is 9.80. The molecule has 0 unspecified atom stereocenters. The maximum absolute atomic E-state index is 13.6. The predicted molar refractivity (Wildman–Crippen MR) is 150 cm³/mol. The van der Waals surface area contributed by atoms with Crippen molar-refractivity contribution in [2.24, 2.45) is 5.92 Å². The first kappa shape index (κ1) is 29.5. The van der Waals surface area contributed by atoms with Crippen molar-refractivity contribution in [3.8, 4) is 5.75 Å². The minimum Gasteiger partial charge on any atom is -0.486 e. The van der Waals surface area contributed by atoms with Crippen LogP contribution in [0.15, 0.2) is 44.4 Å². The Kier molecular flexibility index (Phi) is 8.83. The highest BCUT2D eigenvalue weighted by Gasteiger charge is 2.36. The summed E-state index contributed by atoms with van der Waals surface area (Å²) in [6.07, 6.45) is -0.700.